The molecule has 1 unspecified atom stereocenters. The number of halogens is 2. The minimum absolute atomic E-state index is 0.141. The maximum atomic E-state index is 6.03. The Bertz CT molecular complexity index is 517. The number of likely N-dealkylation sites (N-methyl/N-ethyl adjacent to an activating group) is 1. The summed E-state index contributed by atoms with van der Waals surface area (Å²) in [5.74, 6) is 1.02. The molecular formula is C13H15Cl2N3. The van der Waals surface area contributed by atoms with E-state index in [-0.39, 0.29) is 6.04 Å². The van der Waals surface area contributed by atoms with Gasteiger partial charge >= 0.3 is 0 Å². The van der Waals surface area contributed by atoms with Crippen LogP contribution in [0.15, 0.2) is 30.6 Å². The molecule has 0 amide bonds. The van der Waals surface area contributed by atoms with E-state index in [9.17, 15) is 0 Å². The van der Waals surface area contributed by atoms with E-state index in [1.165, 1.54) is 0 Å². The van der Waals surface area contributed by atoms with Crippen molar-refractivity contribution in [2.45, 2.75) is 12.5 Å². The number of benzene rings is 1. The van der Waals surface area contributed by atoms with Gasteiger partial charge in [0.05, 0.1) is 0 Å². The van der Waals surface area contributed by atoms with Crippen LogP contribution in [-0.2, 0) is 13.5 Å². The van der Waals surface area contributed by atoms with E-state index in [0.29, 0.717) is 10.0 Å². The number of nitrogens with one attached hydrogen (secondary N) is 1. The van der Waals surface area contributed by atoms with E-state index < -0.39 is 0 Å². The molecule has 0 spiro atoms. The predicted octanol–water partition coefficient (Wildman–Crippen LogP) is 3.23. The van der Waals surface area contributed by atoms with Gasteiger partial charge in [0.15, 0.2) is 0 Å². The first-order valence-electron chi connectivity index (χ1n) is 5.69. The molecule has 0 saturated heterocycles. The topological polar surface area (TPSA) is 29.9 Å². The second-order valence-electron chi connectivity index (χ2n) is 4.20. The van der Waals surface area contributed by atoms with Crippen LogP contribution in [0.2, 0.25) is 10.0 Å². The molecule has 1 atom stereocenters. The minimum atomic E-state index is 0.141. The van der Waals surface area contributed by atoms with Crippen LogP contribution >= 0.6 is 23.2 Å². The van der Waals surface area contributed by atoms with Crippen LogP contribution in [0.1, 0.15) is 17.4 Å². The summed E-state index contributed by atoms with van der Waals surface area (Å²) in [4.78, 5) is 4.33. The van der Waals surface area contributed by atoms with Gasteiger partial charge in [-0.2, -0.15) is 0 Å². The molecule has 1 N–H and O–H groups in total. The SMILES string of the molecule is CNC(Cc1nccn1C)c1cc(Cl)cc(Cl)c1. The number of hydrogen-bond acceptors (Lipinski definition) is 2. The highest BCUT2D eigenvalue weighted by Crippen LogP contribution is 2.25. The lowest BCUT2D eigenvalue weighted by molar-refractivity contribution is 0.564. The van der Waals surface area contributed by atoms with E-state index in [0.717, 1.165) is 17.8 Å². The summed E-state index contributed by atoms with van der Waals surface area (Å²) in [6.07, 6.45) is 4.52. The number of nitrogens with zero attached hydrogens (tertiary/aromatic N) is 2. The summed E-state index contributed by atoms with van der Waals surface area (Å²) in [6.45, 7) is 0. The van der Waals surface area contributed by atoms with Crippen LogP contribution in [0.5, 0.6) is 0 Å². The molecule has 1 heterocycles. The number of hydrogen-bond donors (Lipinski definition) is 1. The maximum absolute atomic E-state index is 6.03. The quantitative estimate of drug-likeness (QED) is 0.934. The van der Waals surface area contributed by atoms with E-state index in [4.69, 9.17) is 23.2 Å². The van der Waals surface area contributed by atoms with Crippen molar-refractivity contribution in [1.82, 2.24) is 14.9 Å². The number of imidazole rings is 1. The molecule has 0 saturated carbocycles. The summed E-state index contributed by atoms with van der Waals surface area (Å²) < 4.78 is 2.01. The third-order valence-electron chi connectivity index (χ3n) is 2.94. The van der Waals surface area contributed by atoms with Crippen molar-refractivity contribution >= 4 is 23.2 Å². The second kappa shape index (κ2) is 5.74. The van der Waals surface area contributed by atoms with Crippen LogP contribution in [-0.4, -0.2) is 16.6 Å². The molecule has 0 aliphatic rings. The standard InChI is InChI=1S/C13H15Cl2N3/c1-16-12(8-13-17-3-4-18(13)2)9-5-10(14)7-11(15)6-9/h3-7,12,16H,8H2,1-2H3. The Morgan fingerprint density at radius 3 is 2.44 bits per heavy atom. The van der Waals surface area contributed by atoms with Crippen molar-refractivity contribution in [3.63, 3.8) is 0 Å². The van der Waals surface area contributed by atoms with E-state index in [2.05, 4.69) is 10.3 Å². The molecule has 1 aromatic carbocycles. The van der Waals surface area contributed by atoms with E-state index in [1.54, 1.807) is 12.3 Å². The molecule has 0 aliphatic heterocycles. The zero-order chi connectivity index (χ0) is 13.1. The van der Waals surface area contributed by atoms with Gasteiger partial charge in [-0.1, -0.05) is 23.2 Å². The normalized spacial score (nSPS) is 12.7. The Kier molecular flexibility index (Phi) is 4.27. The van der Waals surface area contributed by atoms with Crippen molar-refractivity contribution in [2.24, 2.45) is 7.05 Å². The average molecular weight is 284 g/mol. The molecule has 96 valence electrons. The summed E-state index contributed by atoms with van der Waals surface area (Å²) in [5.41, 5.74) is 1.07. The molecule has 3 nitrogen and oxygen atoms in total. The highest BCUT2D eigenvalue weighted by atomic mass is 35.5. The third-order valence-corrected chi connectivity index (χ3v) is 3.38. The number of rotatable bonds is 4. The van der Waals surface area contributed by atoms with Gasteiger partial charge in [-0.05, 0) is 30.8 Å². The lowest BCUT2D eigenvalue weighted by Crippen LogP contribution is -2.20. The first-order valence-corrected chi connectivity index (χ1v) is 6.45. The molecule has 0 bridgehead atoms. The zero-order valence-corrected chi connectivity index (χ0v) is 11.8. The van der Waals surface area contributed by atoms with E-state index >= 15 is 0 Å². The molecule has 0 aliphatic carbocycles. The molecule has 0 radical (unpaired) electrons. The summed E-state index contributed by atoms with van der Waals surface area (Å²) in [5, 5.41) is 4.57. The fraction of sp³-hybridized carbons (Fsp3) is 0.308. The smallest absolute Gasteiger partial charge is 0.110 e. The largest absolute Gasteiger partial charge is 0.338 e. The molecular weight excluding hydrogens is 269 g/mol. The van der Waals surface area contributed by atoms with Crippen molar-refractivity contribution < 1.29 is 0 Å². The number of aromatic nitrogens is 2. The lowest BCUT2D eigenvalue weighted by Gasteiger charge is -2.17. The Labute approximate surface area is 117 Å². The molecule has 5 heteroatoms. The fourth-order valence-corrected chi connectivity index (χ4v) is 2.48. The minimum Gasteiger partial charge on any atom is -0.338 e. The monoisotopic (exact) mass is 283 g/mol. The van der Waals surface area contributed by atoms with Gasteiger partial charge in [-0.15, -0.1) is 0 Å². The molecule has 2 aromatic rings. The van der Waals surface area contributed by atoms with Gasteiger partial charge in [0.25, 0.3) is 0 Å². The molecule has 2 rings (SSSR count). The highest BCUT2D eigenvalue weighted by Gasteiger charge is 2.14. The predicted molar refractivity (Wildman–Crippen MR) is 75.2 cm³/mol. The van der Waals surface area contributed by atoms with Crippen molar-refractivity contribution in [3.8, 4) is 0 Å². The summed E-state index contributed by atoms with van der Waals surface area (Å²) in [6, 6.07) is 5.73. The van der Waals surface area contributed by atoms with Crippen molar-refractivity contribution in [2.75, 3.05) is 7.05 Å². The first kappa shape index (κ1) is 13.4. The third kappa shape index (κ3) is 3.05. The Hall–Kier alpha value is -1.03. The van der Waals surface area contributed by atoms with Gasteiger partial charge in [0.2, 0.25) is 0 Å². The Morgan fingerprint density at radius 1 is 1.28 bits per heavy atom. The Morgan fingerprint density at radius 2 is 1.94 bits per heavy atom. The van der Waals surface area contributed by atoms with Gasteiger partial charge in [0, 0.05) is 41.9 Å². The average Bonchev–Trinajstić information content (AvgIpc) is 2.70. The zero-order valence-electron chi connectivity index (χ0n) is 10.3. The lowest BCUT2D eigenvalue weighted by atomic mass is 10.0. The second-order valence-corrected chi connectivity index (χ2v) is 5.08. The highest BCUT2D eigenvalue weighted by molar-refractivity contribution is 6.34. The van der Waals surface area contributed by atoms with Gasteiger partial charge < -0.3 is 9.88 Å². The van der Waals surface area contributed by atoms with Crippen LogP contribution in [0.25, 0.3) is 0 Å². The molecule has 0 fully saturated rings. The van der Waals surface area contributed by atoms with Crippen LogP contribution in [0.3, 0.4) is 0 Å². The van der Waals surface area contributed by atoms with Gasteiger partial charge in [-0.3, -0.25) is 0 Å². The van der Waals surface area contributed by atoms with Crippen molar-refractivity contribution in [3.05, 3.63) is 52.0 Å². The fourth-order valence-electron chi connectivity index (χ4n) is 1.94. The first-order chi connectivity index (χ1) is 8.60. The summed E-state index contributed by atoms with van der Waals surface area (Å²) in [7, 11) is 3.91. The van der Waals surface area contributed by atoms with Crippen molar-refractivity contribution in [1.29, 1.82) is 0 Å². The molecule has 18 heavy (non-hydrogen) atoms. The molecule has 1 aromatic heterocycles. The van der Waals surface area contributed by atoms with E-state index in [1.807, 2.05) is 37.0 Å². The number of aryl methyl sites for hydroxylation is 1. The van der Waals surface area contributed by atoms with Gasteiger partial charge in [0.1, 0.15) is 5.82 Å². The summed E-state index contributed by atoms with van der Waals surface area (Å²) >= 11 is 12.1. The van der Waals surface area contributed by atoms with Crippen LogP contribution in [0, 0.1) is 0 Å². The Balaban J connectivity index is 2.25. The van der Waals surface area contributed by atoms with Crippen LogP contribution in [0.4, 0.5) is 0 Å². The van der Waals surface area contributed by atoms with Crippen LogP contribution < -0.4 is 5.32 Å². The maximum Gasteiger partial charge on any atom is 0.110 e. The van der Waals surface area contributed by atoms with Gasteiger partial charge in [-0.25, -0.2) is 4.98 Å².